The van der Waals surface area contributed by atoms with E-state index in [-0.39, 0.29) is 12.1 Å². The molecule has 5 nitrogen and oxygen atoms in total. The Morgan fingerprint density at radius 3 is 2.78 bits per heavy atom. The smallest absolute Gasteiger partial charge is 0.319 e. The number of nitrogens with one attached hydrogen (secondary N) is 2. The van der Waals surface area contributed by atoms with Crippen molar-refractivity contribution in [2.75, 3.05) is 25.0 Å². The minimum Gasteiger partial charge on any atom is -0.468 e. The third-order valence-electron chi connectivity index (χ3n) is 4.18. The predicted molar refractivity (Wildman–Crippen MR) is 90.5 cm³/mol. The van der Waals surface area contributed by atoms with Crippen molar-refractivity contribution in [3.63, 3.8) is 0 Å². The summed E-state index contributed by atoms with van der Waals surface area (Å²) in [5.74, 6) is 0.905. The third-order valence-corrected chi connectivity index (χ3v) is 4.18. The number of hydrogen-bond acceptors (Lipinski definition) is 3. The molecular formula is C18H23N3O2. The Morgan fingerprint density at radius 1 is 1.26 bits per heavy atom. The van der Waals surface area contributed by atoms with Crippen molar-refractivity contribution in [1.82, 2.24) is 10.2 Å². The molecule has 0 aliphatic carbocycles. The van der Waals surface area contributed by atoms with Gasteiger partial charge in [0.1, 0.15) is 5.76 Å². The fourth-order valence-electron chi connectivity index (χ4n) is 3.03. The number of carbonyl (C=O) groups excluding carboxylic acids is 1. The molecular weight excluding hydrogens is 290 g/mol. The summed E-state index contributed by atoms with van der Waals surface area (Å²) in [4.78, 5) is 14.5. The van der Waals surface area contributed by atoms with E-state index in [1.807, 2.05) is 43.3 Å². The maximum Gasteiger partial charge on any atom is 0.319 e. The van der Waals surface area contributed by atoms with Gasteiger partial charge in [-0.1, -0.05) is 12.1 Å². The van der Waals surface area contributed by atoms with Crippen molar-refractivity contribution in [2.24, 2.45) is 0 Å². The summed E-state index contributed by atoms with van der Waals surface area (Å²) in [7, 11) is 0. The molecule has 1 aromatic carbocycles. The van der Waals surface area contributed by atoms with Crippen LogP contribution in [0, 0.1) is 6.92 Å². The Balaban J connectivity index is 1.59. The van der Waals surface area contributed by atoms with Crippen LogP contribution in [0.15, 0.2) is 47.1 Å². The molecule has 5 heteroatoms. The molecule has 1 atom stereocenters. The van der Waals surface area contributed by atoms with Crippen molar-refractivity contribution in [3.8, 4) is 0 Å². The predicted octanol–water partition coefficient (Wildman–Crippen LogP) is 3.55. The average molecular weight is 313 g/mol. The molecule has 1 unspecified atom stereocenters. The molecule has 0 spiro atoms. The Hall–Kier alpha value is -2.27. The third kappa shape index (κ3) is 4.13. The molecule has 2 amide bonds. The van der Waals surface area contributed by atoms with Gasteiger partial charge in [-0.15, -0.1) is 0 Å². The first-order valence-electron chi connectivity index (χ1n) is 8.11. The summed E-state index contributed by atoms with van der Waals surface area (Å²) in [6.45, 7) is 4.63. The van der Waals surface area contributed by atoms with Crippen LogP contribution in [0.2, 0.25) is 0 Å². The van der Waals surface area contributed by atoms with E-state index in [0.717, 1.165) is 30.1 Å². The monoisotopic (exact) mass is 313 g/mol. The number of likely N-dealkylation sites (tertiary alicyclic amines) is 1. The van der Waals surface area contributed by atoms with Gasteiger partial charge in [0.2, 0.25) is 0 Å². The zero-order valence-corrected chi connectivity index (χ0v) is 13.4. The van der Waals surface area contributed by atoms with Gasteiger partial charge in [0.05, 0.1) is 12.3 Å². The summed E-state index contributed by atoms with van der Waals surface area (Å²) in [6, 6.07) is 11.5. The summed E-state index contributed by atoms with van der Waals surface area (Å²) in [6.07, 6.45) is 4.09. The number of aryl methyl sites for hydroxylation is 1. The van der Waals surface area contributed by atoms with E-state index >= 15 is 0 Å². The zero-order chi connectivity index (χ0) is 16.1. The molecule has 1 aliphatic heterocycles. The van der Waals surface area contributed by atoms with Gasteiger partial charge in [-0.2, -0.15) is 0 Å². The first-order chi connectivity index (χ1) is 11.2. The van der Waals surface area contributed by atoms with Gasteiger partial charge in [0.25, 0.3) is 0 Å². The number of carbonyl (C=O) groups is 1. The molecule has 122 valence electrons. The fourth-order valence-corrected chi connectivity index (χ4v) is 3.03. The van der Waals surface area contributed by atoms with Gasteiger partial charge in [0, 0.05) is 12.2 Å². The van der Waals surface area contributed by atoms with Crippen LogP contribution in [-0.2, 0) is 0 Å². The first-order valence-corrected chi connectivity index (χ1v) is 8.11. The van der Waals surface area contributed by atoms with Crippen molar-refractivity contribution in [2.45, 2.75) is 25.8 Å². The Labute approximate surface area is 136 Å². The number of amides is 2. The van der Waals surface area contributed by atoms with E-state index in [1.54, 1.807) is 6.26 Å². The second kappa shape index (κ2) is 7.33. The van der Waals surface area contributed by atoms with Crippen LogP contribution in [0.3, 0.4) is 0 Å². The number of urea groups is 1. The average Bonchev–Trinajstić information content (AvgIpc) is 3.21. The molecule has 1 saturated heterocycles. The van der Waals surface area contributed by atoms with Crippen LogP contribution in [0.4, 0.5) is 10.5 Å². The van der Waals surface area contributed by atoms with E-state index in [2.05, 4.69) is 15.5 Å². The SMILES string of the molecule is Cc1cccc(NC(=O)NCC(c2ccco2)N2CCCC2)c1. The molecule has 1 aromatic heterocycles. The lowest BCUT2D eigenvalue weighted by Crippen LogP contribution is -2.38. The molecule has 1 fully saturated rings. The van der Waals surface area contributed by atoms with Gasteiger partial charge in [-0.3, -0.25) is 4.90 Å². The Morgan fingerprint density at radius 2 is 2.09 bits per heavy atom. The molecule has 0 saturated carbocycles. The van der Waals surface area contributed by atoms with E-state index in [0.29, 0.717) is 6.54 Å². The van der Waals surface area contributed by atoms with E-state index in [9.17, 15) is 4.79 Å². The molecule has 0 radical (unpaired) electrons. The molecule has 23 heavy (non-hydrogen) atoms. The number of furan rings is 1. The molecule has 3 rings (SSSR count). The van der Waals surface area contributed by atoms with Crippen LogP contribution in [0.5, 0.6) is 0 Å². The highest BCUT2D eigenvalue weighted by Crippen LogP contribution is 2.24. The normalized spacial score (nSPS) is 16.2. The maximum absolute atomic E-state index is 12.1. The molecule has 1 aliphatic rings. The highest BCUT2D eigenvalue weighted by molar-refractivity contribution is 5.89. The van der Waals surface area contributed by atoms with E-state index < -0.39 is 0 Å². The zero-order valence-electron chi connectivity index (χ0n) is 13.4. The number of rotatable bonds is 5. The molecule has 2 N–H and O–H groups in total. The minimum atomic E-state index is -0.189. The molecule has 2 heterocycles. The summed E-state index contributed by atoms with van der Waals surface area (Å²) >= 11 is 0. The second-order valence-corrected chi connectivity index (χ2v) is 5.98. The standard InChI is InChI=1S/C18H23N3O2/c1-14-6-4-7-15(12-14)20-18(22)19-13-16(17-8-5-11-23-17)21-9-2-3-10-21/h4-8,11-12,16H,2-3,9-10,13H2,1H3,(H2,19,20,22). The Kier molecular flexibility index (Phi) is 4.98. The topological polar surface area (TPSA) is 57.5 Å². The van der Waals surface area contributed by atoms with Gasteiger partial charge >= 0.3 is 6.03 Å². The highest BCUT2D eigenvalue weighted by atomic mass is 16.3. The summed E-state index contributed by atoms with van der Waals surface area (Å²) < 4.78 is 5.56. The fraction of sp³-hybridized carbons (Fsp3) is 0.389. The van der Waals surface area contributed by atoms with E-state index in [1.165, 1.54) is 12.8 Å². The van der Waals surface area contributed by atoms with Crippen LogP contribution < -0.4 is 10.6 Å². The van der Waals surface area contributed by atoms with E-state index in [4.69, 9.17) is 4.42 Å². The van der Waals surface area contributed by atoms with Crippen LogP contribution >= 0.6 is 0 Å². The van der Waals surface area contributed by atoms with Crippen molar-refractivity contribution in [1.29, 1.82) is 0 Å². The molecule has 0 bridgehead atoms. The van der Waals surface area contributed by atoms with Crippen LogP contribution in [-0.4, -0.2) is 30.6 Å². The molecule has 2 aromatic rings. The summed E-state index contributed by atoms with van der Waals surface area (Å²) in [5.41, 5.74) is 1.92. The lowest BCUT2D eigenvalue weighted by Gasteiger charge is -2.26. The van der Waals surface area contributed by atoms with Crippen molar-refractivity contribution in [3.05, 3.63) is 54.0 Å². The maximum atomic E-state index is 12.1. The Bertz CT molecular complexity index is 633. The van der Waals surface area contributed by atoms with Gasteiger partial charge in [-0.25, -0.2) is 4.79 Å². The minimum absolute atomic E-state index is 0.0933. The van der Waals surface area contributed by atoms with Crippen LogP contribution in [0.1, 0.15) is 30.2 Å². The quantitative estimate of drug-likeness (QED) is 0.887. The lowest BCUT2D eigenvalue weighted by atomic mass is 10.2. The van der Waals surface area contributed by atoms with Gasteiger partial charge in [0.15, 0.2) is 0 Å². The summed E-state index contributed by atoms with van der Waals surface area (Å²) in [5, 5.41) is 5.84. The van der Waals surface area contributed by atoms with Gasteiger partial charge in [-0.05, 0) is 62.7 Å². The lowest BCUT2D eigenvalue weighted by molar-refractivity contribution is 0.207. The highest BCUT2D eigenvalue weighted by Gasteiger charge is 2.25. The van der Waals surface area contributed by atoms with Crippen molar-refractivity contribution < 1.29 is 9.21 Å². The number of hydrogen-bond donors (Lipinski definition) is 2. The number of anilines is 1. The second-order valence-electron chi connectivity index (χ2n) is 5.98. The van der Waals surface area contributed by atoms with Crippen LogP contribution in [0.25, 0.3) is 0 Å². The number of nitrogens with zero attached hydrogens (tertiary/aromatic N) is 1. The van der Waals surface area contributed by atoms with Crippen molar-refractivity contribution >= 4 is 11.7 Å². The largest absolute Gasteiger partial charge is 0.468 e. The first kappa shape index (κ1) is 15.6. The van der Waals surface area contributed by atoms with Gasteiger partial charge < -0.3 is 15.1 Å². The number of benzene rings is 1.